The van der Waals surface area contributed by atoms with Crippen molar-refractivity contribution in [1.29, 1.82) is 0 Å². The Balaban J connectivity index is 2.64. The second-order valence-electron chi connectivity index (χ2n) is 3.59. The Morgan fingerprint density at radius 1 is 1.53 bits per heavy atom. The van der Waals surface area contributed by atoms with Gasteiger partial charge in [-0.2, -0.15) is 0 Å². The zero-order valence-corrected chi connectivity index (χ0v) is 12.1. The van der Waals surface area contributed by atoms with Gasteiger partial charge in [0.15, 0.2) is 0 Å². The number of benzene rings is 1. The summed E-state index contributed by atoms with van der Waals surface area (Å²) < 4.78 is 0.899. The van der Waals surface area contributed by atoms with Gasteiger partial charge in [0.25, 0.3) is 0 Å². The lowest BCUT2D eigenvalue weighted by Crippen LogP contribution is -2.28. The fourth-order valence-corrected chi connectivity index (χ4v) is 1.94. The molecule has 1 aromatic carbocycles. The van der Waals surface area contributed by atoms with Gasteiger partial charge in [-0.15, -0.1) is 11.8 Å². The lowest BCUT2D eigenvalue weighted by atomic mass is 10.1. The molecule has 0 heterocycles. The number of nitrogens with two attached hydrogens (primary N) is 1. The van der Waals surface area contributed by atoms with Gasteiger partial charge in [-0.3, -0.25) is 0 Å². The van der Waals surface area contributed by atoms with Crippen LogP contribution in [0.4, 0.5) is 0 Å². The Labute approximate surface area is 116 Å². The minimum absolute atomic E-state index is 0.124. The van der Waals surface area contributed by atoms with Crippen LogP contribution in [0.3, 0.4) is 0 Å². The smallest absolute Gasteiger partial charge is 0.0551 e. The van der Waals surface area contributed by atoms with Crippen molar-refractivity contribution >= 4 is 27.5 Å². The third-order valence-corrected chi connectivity index (χ3v) is 3.63. The molecule has 0 spiro atoms. The van der Waals surface area contributed by atoms with Crippen LogP contribution in [0.15, 0.2) is 22.7 Å². The van der Waals surface area contributed by atoms with Crippen LogP contribution < -0.4 is 11.1 Å². The van der Waals surface area contributed by atoms with Crippen LogP contribution in [-0.4, -0.2) is 13.1 Å². The van der Waals surface area contributed by atoms with Crippen molar-refractivity contribution in [3.63, 3.8) is 0 Å². The summed E-state index contributed by atoms with van der Waals surface area (Å²) in [7, 11) is 0. The van der Waals surface area contributed by atoms with E-state index in [0.29, 0.717) is 11.6 Å². The predicted octanol–water partition coefficient (Wildman–Crippen LogP) is 3.11. The van der Waals surface area contributed by atoms with Gasteiger partial charge in [0, 0.05) is 30.0 Å². The molecule has 0 aliphatic heterocycles. The van der Waals surface area contributed by atoms with Gasteiger partial charge in [0.2, 0.25) is 0 Å². The molecule has 0 aliphatic rings. The second kappa shape index (κ2) is 7.73. The van der Waals surface area contributed by atoms with Crippen molar-refractivity contribution in [3.8, 4) is 11.8 Å². The van der Waals surface area contributed by atoms with E-state index < -0.39 is 0 Å². The van der Waals surface area contributed by atoms with Crippen molar-refractivity contribution in [2.24, 2.45) is 5.73 Å². The highest BCUT2D eigenvalue weighted by molar-refractivity contribution is 9.10. The molecule has 2 nitrogen and oxygen atoms in total. The quantitative estimate of drug-likeness (QED) is 0.647. The molecule has 0 bridgehead atoms. The topological polar surface area (TPSA) is 38.0 Å². The summed E-state index contributed by atoms with van der Waals surface area (Å²) in [5.74, 6) is 5.88. The summed E-state index contributed by atoms with van der Waals surface area (Å²) >= 11 is 9.43. The van der Waals surface area contributed by atoms with Crippen molar-refractivity contribution in [2.75, 3.05) is 13.1 Å². The first-order valence-corrected chi connectivity index (χ1v) is 6.64. The third-order valence-electron chi connectivity index (χ3n) is 2.40. The van der Waals surface area contributed by atoms with E-state index in [2.05, 4.69) is 33.1 Å². The number of hydrogen-bond acceptors (Lipinski definition) is 2. The molecule has 0 amide bonds. The molecule has 0 saturated carbocycles. The lowest BCUT2D eigenvalue weighted by Gasteiger charge is -2.17. The normalized spacial score (nSPS) is 11.8. The van der Waals surface area contributed by atoms with Gasteiger partial charge >= 0.3 is 0 Å². The monoisotopic (exact) mass is 314 g/mol. The summed E-state index contributed by atoms with van der Waals surface area (Å²) in [5, 5.41) is 4.07. The van der Waals surface area contributed by atoms with E-state index in [0.717, 1.165) is 23.0 Å². The second-order valence-corrected chi connectivity index (χ2v) is 4.85. The fraction of sp³-hybridized carbons (Fsp3) is 0.385. The van der Waals surface area contributed by atoms with Crippen LogP contribution in [0.25, 0.3) is 0 Å². The fourth-order valence-electron chi connectivity index (χ4n) is 1.50. The van der Waals surface area contributed by atoms with E-state index in [1.165, 1.54) is 0 Å². The maximum atomic E-state index is 6.06. The Bertz CT molecular complexity index is 423. The molecule has 92 valence electrons. The zero-order valence-electron chi connectivity index (χ0n) is 9.76. The predicted molar refractivity (Wildman–Crippen MR) is 77.0 cm³/mol. The maximum absolute atomic E-state index is 6.06. The number of rotatable bonds is 5. The average molecular weight is 316 g/mol. The molecule has 4 heteroatoms. The van der Waals surface area contributed by atoms with Crippen LogP contribution in [0.1, 0.15) is 24.9 Å². The Kier molecular flexibility index (Phi) is 6.61. The molecule has 1 atom stereocenters. The molecule has 1 aromatic rings. The molecule has 0 saturated heterocycles. The Morgan fingerprint density at radius 3 is 2.88 bits per heavy atom. The van der Waals surface area contributed by atoms with Crippen LogP contribution in [0.5, 0.6) is 0 Å². The van der Waals surface area contributed by atoms with Crippen molar-refractivity contribution in [3.05, 3.63) is 33.3 Å². The number of hydrogen-bond donors (Lipinski definition) is 2. The molecule has 0 radical (unpaired) electrons. The third kappa shape index (κ3) is 4.69. The summed E-state index contributed by atoms with van der Waals surface area (Å²) in [6.45, 7) is 3.21. The van der Waals surface area contributed by atoms with Gasteiger partial charge in [-0.25, -0.2) is 0 Å². The standard InChI is InChI=1S/C13H16BrClN2/c1-2-3-4-7-17-13(9-16)10-5-6-11(14)12(15)8-10/h5-6,8,13,17H,4,7,9,16H2,1H3. The van der Waals surface area contributed by atoms with E-state index in [4.69, 9.17) is 17.3 Å². The van der Waals surface area contributed by atoms with Gasteiger partial charge in [0.1, 0.15) is 0 Å². The first-order chi connectivity index (χ1) is 8.19. The lowest BCUT2D eigenvalue weighted by molar-refractivity contribution is 0.550. The summed E-state index contributed by atoms with van der Waals surface area (Å²) in [6.07, 6.45) is 0.831. The Hall–Kier alpha value is -0.530. The SMILES string of the molecule is CC#CCCNC(CN)c1ccc(Br)c(Cl)c1. The number of halogens is 2. The van der Waals surface area contributed by atoms with E-state index >= 15 is 0 Å². The van der Waals surface area contributed by atoms with Crippen molar-refractivity contribution < 1.29 is 0 Å². The first-order valence-electron chi connectivity index (χ1n) is 5.47. The van der Waals surface area contributed by atoms with Gasteiger partial charge < -0.3 is 11.1 Å². The Morgan fingerprint density at radius 2 is 2.29 bits per heavy atom. The molecule has 1 unspecified atom stereocenters. The minimum atomic E-state index is 0.124. The molecule has 0 aliphatic carbocycles. The molecular weight excluding hydrogens is 300 g/mol. The summed E-state index contributed by atoms with van der Waals surface area (Å²) in [6, 6.07) is 6.01. The van der Waals surface area contributed by atoms with Crippen molar-refractivity contribution in [2.45, 2.75) is 19.4 Å². The highest BCUT2D eigenvalue weighted by Gasteiger charge is 2.09. The molecular formula is C13H16BrClN2. The largest absolute Gasteiger partial charge is 0.329 e. The van der Waals surface area contributed by atoms with Crippen LogP contribution in [-0.2, 0) is 0 Å². The highest BCUT2D eigenvalue weighted by Crippen LogP contribution is 2.25. The minimum Gasteiger partial charge on any atom is -0.329 e. The van der Waals surface area contributed by atoms with E-state index in [-0.39, 0.29) is 6.04 Å². The summed E-state index contributed by atoms with van der Waals surface area (Å²) in [4.78, 5) is 0. The van der Waals surface area contributed by atoms with Gasteiger partial charge in [0.05, 0.1) is 5.02 Å². The van der Waals surface area contributed by atoms with E-state index in [1.807, 2.05) is 25.1 Å². The molecule has 17 heavy (non-hydrogen) atoms. The molecule has 0 fully saturated rings. The summed E-state index contributed by atoms with van der Waals surface area (Å²) in [5.41, 5.74) is 6.86. The van der Waals surface area contributed by atoms with Gasteiger partial charge in [-0.05, 0) is 40.5 Å². The van der Waals surface area contributed by atoms with Crippen molar-refractivity contribution in [1.82, 2.24) is 5.32 Å². The molecule has 3 N–H and O–H groups in total. The molecule has 1 rings (SSSR count). The van der Waals surface area contributed by atoms with Gasteiger partial charge in [-0.1, -0.05) is 17.7 Å². The first kappa shape index (κ1) is 14.5. The van der Waals surface area contributed by atoms with Crippen LogP contribution in [0, 0.1) is 11.8 Å². The maximum Gasteiger partial charge on any atom is 0.0551 e. The van der Waals surface area contributed by atoms with Crippen LogP contribution >= 0.6 is 27.5 Å². The zero-order chi connectivity index (χ0) is 12.7. The highest BCUT2D eigenvalue weighted by atomic mass is 79.9. The van der Waals surface area contributed by atoms with Crippen LogP contribution in [0.2, 0.25) is 5.02 Å². The number of nitrogens with one attached hydrogen (secondary N) is 1. The van der Waals surface area contributed by atoms with E-state index in [9.17, 15) is 0 Å². The van der Waals surface area contributed by atoms with E-state index in [1.54, 1.807) is 0 Å². The molecule has 0 aromatic heterocycles. The average Bonchev–Trinajstić information content (AvgIpc) is 2.33.